The Bertz CT molecular complexity index is 863. The fourth-order valence-electron chi connectivity index (χ4n) is 3.10. The van der Waals surface area contributed by atoms with Gasteiger partial charge in [-0.15, -0.1) is 0 Å². The molecule has 2 aromatic heterocycles. The second-order valence-electron chi connectivity index (χ2n) is 8.09. The first-order valence-electron chi connectivity index (χ1n) is 9.54. The third kappa shape index (κ3) is 6.15. The molecule has 3 heterocycles. The summed E-state index contributed by atoms with van der Waals surface area (Å²) >= 11 is 5.79. The summed E-state index contributed by atoms with van der Waals surface area (Å²) in [6.07, 6.45) is 3.94. The van der Waals surface area contributed by atoms with E-state index in [9.17, 15) is 9.59 Å². The number of halogens is 1. The van der Waals surface area contributed by atoms with Crippen LogP contribution in [0.3, 0.4) is 0 Å². The Balaban J connectivity index is 1.53. The smallest absolute Gasteiger partial charge is 0.410 e. The topological polar surface area (TPSA) is 84.4 Å². The number of rotatable bonds is 4. The van der Waals surface area contributed by atoms with Crippen LogP contribution in [0.25, 0.3) is 0 Å². The van der Waals surface area contributed by atoms with Gasteiger partial charge in [0.25, 0.3) is 0 Å². The zero-order valence-electron chi connectivity index (χ0n) is 16.8. The lowest BCUT2D eigenvalue weighted by Crippen LogP contribution is -2.35. The lowest BCUT2D eigenvalue weighted by atomic mass is 10.0. The predicted octanol–water partition coefficient (Wildman–Crippen LogP) is 4.04. The summed E-state index contributed by atoms with van der Waals surface area (Å²) in [4.78, 5) is 34.7. The maximum atomic E-state index is 12.2. The van der Waals surface area contributed by atoms with Crippen molar-refractivity contribution in [3.63, 3.8) is 0 Å². The number of anilines is 1. The van der Waals surface area contributed by atoms with Crippen LogP contribution in [0.1, 0.15) is 44.4 Å². The number of amides is 2. The highest BCUT2D eigenvalue weighted by molar-refractivity contribution is 6.30. The normalized spacial score (nSPS) is 16.6. The van der Waals surface area contributed by atoms with Crippen LogP contribution in [-0.2, 0) is 16.0 Å². The average Bonchev–Trinajstić information content (AvgIpc) is 3.13. The number of carbonyl (C=O) groups is 2. The van der Waals surface area contributed by atoms with E-state index in [0.29, 0.717) is 23.9 Å². The number of hydrogen-bond donors (Lipinski definition) is 1. The van der Waals surface area contributed by atoms with E-state index >= 15 is 0 Å². The summed E-state index contributed by atoms with van der Waals surface area (Å²) in [6.45, 7) is 6.82. The lowest BCUT2D eigenvalue weighted by Gasteiger charge is -2.24. The van der Waals surface area contributed by atoms with Crippen molar-refractivity contribution in [3.8, 4) is 0 Å². The van der Waals surface area contributed by atoms with Crippen molar-refractivity contribution < 1.29 is 14.3 Å². The Morgan fingerprint density at radius 2 is 2.00 bits per heavy atom. The van der Waals surface area contributed by atoms with Gasteiger partial charge in [-0.25, -0.2) is 9.78 Å². The van der Waals surface area contributed by atoms with Gasteiger partial charge < -0.3 is 15.0 Å². The monoisotopic (exact) mass is 416 g/mol. The molecule has 29 heavy (non-hydrogen) atoms. The van der Waals surface area contributed by atoms with Crippen LogP contribution in [-0.4, -0.2) is 45.6 Å². The van der Waals surface area contributed by atoms with E-state index in [1.807, 2.05) is 32.9 Å². The van der Waals surface area contributed by atoms with Crippen molar-refractivity contribution in [1.82, 2.24) is 14.9 Å². The molecular weight excluding hydrogens is 392 g/mol. The largest absolute Gasteiger partial charge is 0.444 e. The number of nitrogens with one attached hydrogen (secondary N) is 1. The van der Waals surface area contributed by atoms with Gasteiger partial charge in [-0.3, -0.25) is 9.78 Å². The van der Waals surface area contributed by atoms with Gasteiger partial charge >= 0.3 is 6.09 Å². The molecule has 0 bridgehead atoms. The van der Waals surface area contributed by atoms with Crippen LogP contribution >= 0.6 is 11.6 Å². The molecule has 2 amide bonds. The van der Waals surface area contributed by atoms with Crippen molar-refractivity contribution >= 4 is 29.4 Å². The summed E-state index contributed by atoms with van der Waals surface area (Å²) < 4.78 is 5.43. The van der Waals surface area contributed by atoms with Gasteiger partial charge in [0.15, 0.2) is 0 Å². The third-order valence-corrected chi connectivity index (χ3v) is 4.69. The molecule has 0 aromatic carbocycles. The minimum Gasteiger partial charge on any atom is -0.444 e. The molecule has 154 valence electrons. The Morgan fingerprint density at radius 3 is 2.62 bits per heavy atom. The molecule has 8 heteroatoms. The van der Waals surface area contributed by atoms with E-state index in [0.717, 1.165) is 17.7 Å². The molecule has 1 N–H and O–H groups in total. The standard InChI is InChI=1S/C21H25ClN4O3/c1-21(2,3)29-20(28)26-9-8-15(13-26)17-6-4-14(11-23-17)10-19(27)25-18-7-5-16(22)12-24-18/h4-7,11-12,15H,8-10,13H2,1-3H3,(H,24,25,27). The van der Waals surface area contributed by atoms with Crippen molar-refractivity contribution in [2.45, 2.75) is 45.1 Å². The Hall–Kier alpha value is -2.67. The predicted molar refractivity (Wildman–Crippen MR) is 111 cm³/mol. The molecule has 7 nitrogen and oxygen atoms in total. The fourth-order valence-corrected chi connectivity index (χ4v) is 3.21. The summed E-state index contributed by atoms with van der Waals surface area (Å²) in [7, 11) is 0. The van der Waals surface area contributed by atoms with Crippen molar-refractivity contribution in [2.75, 3.05) is 18.4 Å². The first-order chi connectivity index (χ1) is 13.7. The zero-order valence-corrected chi connectivity index (χ0v) is 17.6. The van der Waals surface area contributed by atoms with Crippen molar-refractivity contribution in [1.29, 1.82) is 0 Å². The number of aromatic nitrogens is 2. The van der Waals surface area contributed by atoms with Gasteiger partial charge in [-0.2, -0.15) is 0 Å². The fraction of sp³-hybridized carbons (Fsp3) is 0.429. The van der Waals surface area contributed by atoms with Gasteiger partial charge in [-0.05, 0) is 51.0 Å². The number of pyridine rings is 2. The van der Waals surface area contributed by atoms with E-state index in [2.05, 4.69) is 15.3 Å². The molecule has 2 aromatic rings. The number of hydrogen-bond acceptors (Lipinski definition) is 5. The van der Waals surface area contributed by atoms with Crippen molar-refractivity contribution in [2.24, 2.45) is 0 Å². The maximum absolute atomic E-state index is 12.2. The molecule has 1 unspecified atom stereocenters. The Morgan fingerprint density at radius 1 is 1.21 bits per heavy atom. The lowest BCUT2D eigenvalue weighted by molar-refractivity contribution is -0.115. The molecule has 0 spiro atoms. The zero-order chi connectivity index (χ0) is 21.0. The van der Waals surface area contributed by atoms with E-state index in [1.165, 1.54) is 6.20 Å². The summed E-state index contributed by atoms with van der Waals surface area (Å²) in [6, 6.07) is 7.14. The van der Waals surface area contributed by atoms with Crippen LogP contribution in [0.15, 0.2) is 36.7 Å². The van der Waals surface area contributed by atoms with E-state index in [4.69, 9.17) is 16.3 Å². The summed E-state index contributed by atoms with van der Waals surface area (Å²) in [5, 5.41) is 3.24. The third-order valence-electron chi connectivity index (χ3n) is 4.47. The second-order valence-corrected chi connectivity index (χ2v) is 8.53. The van der Waals surface area contributed by atoms with Crippen molar-refractivity contribution in [3.05, 3.63) is 52.9 Å². The first-order valence-corrected chi connectivity index (χ1v) is 9.91. The quantitative estimate of drug-likeness (QED) is 0.813. The molecule has 1 fully saturated rings. The molecule has 0 saturated carbocycles. The Labute approximate surface area is 175 Å². The van der Waals surface area contributed by atoms with E-state index in [-0.39, 0.29) is 24.3 Å². The highest BCUT2D eigenvalue weighted by atomic mass is 35.5. The SMILES string of the molecule is CC(C)(C)OC(=O)N1CCC(c2ccc(CC(=O)Nc3ccc(Cl)cn3)cn2)C1. The highest BCUT2D eigenvalue weighted by Gasteiger charge is 2.31. The first kappa shape index (κ1) is 21.0. The minimum atomic E-state index is -0.503. The van der Waals surface area contributed by atoms with Gasteiger partial charge in [0.2, 0.25) is 5.91 Å². The molecule has 1 saturated heterocycles. The molecular formula is C21H25ClN4O3. The van der Waals surface area contributed by atoms with E-state index in [1.54, 1.807) is 23.2 Å². The summed E-state index contributed by atoms with van der Waals surface area (Å²) in [5.74, 6) is 0.451. The number of likely N-dealkylation sites (tertiary alicyclic amines) is 1. The number of carbonyl (C=O) groups excluding carboxylic acids is 2. The van der Waals surface area contributed by atoms with Gasteiger partial charge in [0.1, 0.15) is 11.4 Å². The van der Waals surface area contributed by atoms with Gasteiger partial charge in [0.05, 0.1) is 11.4 Å². The molecule has 1 atom stereocenters. The van der Waals surface area contributed by atoms with Gasteiger partial charge in [0, 0.05) is 37.1 Å². The second kappa shape index (κ2) is 8.78. The van der Waals surface area contributed by atoms with Crippen LogP contribution in [0, 0.1) is 0 Å². The minimum absolute atomic E-state index is 0.170. The molecule has 0 radical (unpaired) electrons. The number of ether oxygens (including phenoxy) is 1. The summed E-state index contributed by atoms with van der Waals surface area (Å²) in [5.41, 5.74) is 1.22. The maximum Gasteiger partial charge on any atom is 0.410 e. The van der Waals surface area contributed by atoms with Crippen LogP contribution in [0.5, 0.6) is 0 Å². The van der Waals surface area contributed by atoms with Gasteiger partial charge in [-0.1, -0.05) is 17.7 Å². The number of nitrogens with zero attached hydrogens (tertiary/aromatic N) is 3. The highest BCUT2D eigenvalue weighted by Crippen LogP contribution is 2.27. The molecule has 0 aliphatic carbocycles. The van der Waals surface area contributed by atoms with Crippen LogP contribution in [0.2, 0.25) is 5.02 Å². The van der Waals surface area contributed by atoms with E-state index < -0.39 is 5.60 Å². The molecule has 1 aliphatic rings. The molecule has 3 rings (SSSR count). The average molecular weight is 417 g/mol. The van der Waals surface area contributed by atoms with Crippen LogP contribution in [0.4, 0.5) is 10.6 Å². The Kier molecular flexibility index (Phi) is 6.37. The van der Waals surface area contributed by atoms with Crippen LogP contribution < -0.4 is 5.32 Å². The molecule has 1 aliphatic heterocycles.